The highest BCUT2D eigenvalue weighted by atomic mass is 16.4. The minimum absolute atomic E-state index is 0.0341. The second-order valence-electron chi connectivity index (χ2n) is 3.02. The number of hydrogen-bond acceptors (Lipinski definition) is 4. The maximum atomic E-state index is 10.4. The van der Waals surface area contributed by atoms with Crippen LogP contribution >= 0.6 is 0 Å². The van der Waals surface area contributed by atoms with E-state index in [-0.39, 0.29) is 12.8 Å². The van der Waals surface area contributed by atoms with E-state index < -0.39 is 11.9 Å². The van der Waals surface area contributed by atoms with Gasteiger partial charge < -0.3 is 10.2 Å². The molecule has 7 nitrogen and oxygen atoms in total. The first-order chi connectivity index (χ1) is 7.09. The largest absolute Gasteiger partial charge is 0.481 e. The molecule has 2 N–H and O–H groups in total. The summed E-state index contributed by atoms with van der Waals surface area (Å²) in [5.74, 6) is -1.84. The summed E-state index contributed by atoms with van der Waals surface area (Å²) < 4.78 is 1.41. The van der Waals surface area contributed by atoms with Crippen LogP contribution in [0.3, 0.4) is 0 Å². The van der Waals surface area contributed by atoms with Gasteiger partial charge in [-0.3, -0.25) is 9.59 Å². The molecule has 1 rings (SSSR count). The molecule has 0 unspecified atom stereocenters. The molecular formula is C8H11N3O4. The smallest absolute Gasteiger partial charge is 0.309 e. The van der Waals surface area contributed by atoms with Gasteiger partial charge in [0.2, 0.25) is 0 Å². The van der Waals surface area contributed by atoms with E-state index in [2.05, 4.69) is 10.3 Å². The van der Waals surface area contributed by atoms with Crippen LogP contribution in [-0.2, 0) is 22.6 Å². The first-order valence-electron chi connectivity index (χ1n) is 4.40. The molecule has 0 fully saturated rings. The van der Waals surface area contributed by atoms with Crippen molar-refractivity contribution in [1.29, 1.82) is 0 Å². The van der Waals surface area contributed by atoms with E-state index in [1.807, 2.05) is 0 Å². The van der Waals surface area contributed by atoms with E-state index in [9.17, 15) is 9.59 Å². The van der Waals surface area contributed by atoms with Gasteiger partial charge in [0, 0.05) is 13.0 Å². The highest BCUT2D eigenvalue weighted by Crippen LogP contribution is 2.01. The zero-order valence-corrected chi connectivity index (χ0v) is 7.96. The lowest BCUT2D eigenvalue weighted by atomic mass is 10.3. The molecule has 0 atom stereocenters. The predicted molar refractivity (Wildman–Crippen MR) is 48.2 cm³/mol. The van der Waals surface area contributed by atoms with E-state index in [4.69, 9.17) is 10.2 Å². The Bertz CT molecular complexity index is 361. The number of nitrogens with zero attached hydrogens (tertiary/aromatic N) is 3. The van der Waals surface area contributed by atoms with Gasteiger partial charge in [-0.25, -0.2) is 4.68 Å². The lowest BCUT2D eigenvalue weighted by molar-refractivity contribution is -0.138. The summed E-state index contributed by atoms with van der Waals surface area (Å²) in [6, 6.07) is 0. The van der Waals surface area contributed by atoms with E-state index in [0.717, 1.165) is 0 Å². The maximum absolute atomic E-state index is 10.4. The fourth-order valence-corrected chi connectivity index (χ4v) is 1.14. The molecule has 7 heteroatoms. The van der Waals surface area contributed by atoms with Gasteiger partial charge in [-0.2, -0.15) is 0 Å². The molecule has 0 aliphatic rings. The molecule has 0 amide bonds. The van der Waals surface area contributed by atoms with Gasteiger partial charge in [0.15, 0.2) is 0 Å². The highest BCUT2D eigenvalue weighted by Gasteiger charge is 2.08. The Morgan fingerprint density at radius 3 is 2.67 bits per heavy atom. The summed E-state index contributed by atoms with van der Waals surface area (Å²) in [5.41, 5.74) is 0.480. The second kappa shape index (κ2) is 5.08. The predicted octanol–water partition coefficient (Wildman–Crippen LogP) is -0.230. The number of carboxylic acids is 2. The minimum atomic E-state index is -0.961. The molecule has 1 aromatic rings. The summed E-state index contributed by atoms with van der Waals surface area (Å²) in [6.45, 7) is 0.370. The molecule has 0 bridgehead atoms. The molecular weight excluding hydrogens is 202 g/mol. The van der Waals surface area contributed by atoms with Gasteiger partial charge in [0.25, 0.3) is 0 Å². The molecule has 0 aliphatic heterocycles. The van der Waals surface area contributed by atoms with E-state index >= 15 is 0 Å². The summed E-state index contributed by atoms with van der Waals surface area (Å²) in [4.78, 5) is 20.7. The third kappa shape index (κ3) is 3.75. The van der Waals surface area contributed by atoms with Gasteiger partial charge in [-0.15, -0.1) is 5.10 Å². The second-order valence-corrected chi connectivity index (χ2v) is 3.02. The van der Waals surface area contributed by atoms with Gasteiger partial charge in [0.05, 0.1) is 18.3 Å². The van der Waals surface area contributed by atoms with Crippen LogP contribution in [0.15, 0.2) is 6.20 Å². The van der Waals surface area contributed by atoms with Gasteiger partial charge in [0.1, 0.15) is 0 Å². The standard InChI is InChI=1S/C8H11N3O4/c12-7(13)2-1-3-11-6(4-8(14)15)5-9-10-11/h5H,1-4H2,(H,12,13)(H,14,15). The molecule has 1 aromatic heterocycles. The monoisotopic (exact) mass is 213 g/mol. The average molecular weight is 213 g/mol. The Kier molecular flexibility index (Phi) is 3.78. The van der Waals surface area contributed by atoms with Gasteiger partial charge >= 0.3 is 11.9 Å². The van der Waals surface area contributed by atoms with Crippen LogP contribution < -0.4 is 0 Å². The topological polar surface area (TPSA) is 105 Å². The molecule has 0 aliphatic carbocycles. The van der Waals surface area contributed by atoms with Crippen molar-refractivity contribution in [2.45, 2.75) is 25.8 Å². The van der Waals surface area contributed by atoms with Crippen LogP contribution in [0.1, 0.15) is 18.5 Å². The SMILES string of the molecule is O=C(O)CCCn1nncc1CC(=O)O. The molecule has 0 spiro atoms. The summed E-state index contributed by atoms with van der Waals surface area (Å²) >= 11 is 0. The Labute approximate surface area is 85.3 Å². The number of rotatable bonds is 6. The van der Waals surface area contributed by atoms with E-state index in [0.29, 0.717) is 18.7 Å². The molecule has 15 heavy (non-hydrogen) atoms. The Balaban J connectivity index is 2.49. The fraction of sp³-hybridized carbons (Fsp3) is 0.500. The number of carbonyl (C=O) groups is 2. The highest BCUT2D eigenvalue weighted by molar-refractivity contribution is 5.69. The number of hydrogen-bond donors (Lipinski definition) is 2. The van der Waals surface area contributed by atoms with Crippen molar-refractivity contribution in [3.63, 3.8) is 0 Å². The van der Waals surface area contributed by atoms with E-state index in [1.54, 1.807) is 0 Å². The zero-order chi connectivity index (χ0) is 11.3. The van der Waals surface area contributed by atoms with Crippen LogP contribution in [0.25, 0.3) is 0 Å². The van der Waals surface area contributed by atoms with Crippen LogP contribution in [0.4, 0.5) is 0 Å². The summed E-state index contributed by atoms with van der Waals surface area (Å²) in [7, 11) is 0. The van der Waals surface area contributed by atoms with Crippen molar-refractivity contribution in [1.82, 2.24) is 15.0 Å². The third-order valence-corrected chi connectivity index (χ3v) is 1.79. The molecule has 1 heterocycles. The van der Waals surface area contributed by atoms with Crippen LogP contribution in [0.5, 0.6) is 0 Å². The Morgan fingerprint density at radius 1 is 1.33 bits per heavy atom. The Hall–Kier alpha value is -1.92. The van der Waals surface area contributed by atoms with Crippen molar-refractivity contribution in [2.24, 2.45) is 0 Å². The van der Waals surface area contributed by atoms with Gasteiger partial charge in [-0.05, 0) is 6.42 Å². The number of carboxylic acid groups (broad SMARTS) is 2. The fourth-order valence-electron chi connectivity index (χ4n) is 1.14. The first-order valence-corrected chi connectivity index (χ1v) is 4.40. The zero-order valence-electron chi connectivity index (χ0n) is 7.96. The maximum Gasteiger partial charge on any atom is 0.309 e. The minimum Gasteiger partial charge on any atom is -0.481 e. The lowest BCUT2D eigenvalue weighted by Gasteiger charge is -2.02. The first kappa shape index (κ1) is 11.2. The normalized spacial score (nSPS) is 10.1. The van der Waals surface area contributed by atoms with Crippen LogP contribution in [0.2, 0.25) is 0 Å². The summed E-state index contributed by atoms with van der Waals surface area (Å²) in [5, 5.41) is 24.2. The Morgan fingerprint density at radius 2 is 2.07 bits per heavy atom. The average Bonchev–Trinajstić information content (AvgIpc) is 2.51. The van der Waals surface area contributed by atoms with Crippen molar-refractivity contribution in [2.75, 3.05) is 0 Å². The van der Waals surface area contributed by atoms with Crippen molar-refractivity contribution in [3.8, 4) is 0 Å². The van der Waals surface area contributed by atoms with Crippen LogP contribution in [-0.4, -0.2) is 37.1 Å². The van der Waals surface area contributed by atoms with Gasteiger partial charge in [-0.1, -0.05) is 5.21 Å². The van der Waals surface area contributed by atoms with Crippen molar-refractivity contribution >= 4 is 11.9 Å². The van der Waals surface area contributed by atoms with Crippen LogP contribution in [0, 0.1) is 0 Å². The molecule has 82 valence electrons. The summed E-state index contributed by atoms with van der Waals surface area (Å²) in [6.07, 6.45) is 1.66. The number of aliphatic carboxylic acids is 2. The third-order valence-electron chi connectivity index (χ3n) is 1.79. The lowest BCUT2D eigenvalue weighted by Crippen LogP contribution is -2.10. The quantitative estimate of drug-likeness (QED) is 0.676. The van der Waals surface area contributed by atoms with E-state index in [1.165, 1.54) is 10.9 Å². The molecule has 0 radical (unpaired) electrons. The number of aromatic nitrogens is 3. The molecule has 0 saturated carbocycles. The number of aryl methyl sites for hydroxylation is 1. The van der Waals surface area contributed by atoms with Crippen molar-refractivity contribution in [3.05, 3.63) is 11.9 Å². The molecule has 0 aromatic carbocycles. The van der Waals surface area contributed by atoms with Crippen molar-refractivity contribution < 1.29 is 19.8 Å². The molecule has 0 saturated heterocycles.